The summed E-state index contributed by atoms with van der Waals surface area (Å²) in [7, 11) is 1.59. The summed E-state index contributed by atoms with van der Waals surface area (Å²) in [5, 5.41) is 27.8. The third-order valence-electron chi connectivity index (χ3n) is 8.93. The van der Waals surface area contributed by atoms with Crippen molar-refractivity contribution in [2.24, 2.45) is 29.6 Å². The Kier molecular flexibility index (Phi) is 6.44. The number of pyridine rings is 1. The standard InChI is InChI=1S/C29H33BrN2O5/c1-17-5-3-4-6-21(17)26-22(14-33)23(11-32-20-15-36-16-20)28(34)27-24(35-2)12-31-13-25(27)37-29(26,28)18-7-9-19(30)10-8-18/h3-10,12-13,17,20-23,26,32-34H,11,14-16H2,1-2H3/t17?,21?,22-,23-,26+,28+,29-/m0/s1. The molecule has 2 aromatic rings. The summed E-state index contributed by atoms with van der Waals surface area (Å²) in [5.41, 5.74) is -1.19. The van der Waals surface area contributed by atoms with Crippen molar-refractivity contribution in [2.45, 2.75) is 24.2 Å². The molecule has 1 saturated carbocycles. The van der Waals surface area contributed by atoms with Gasteiger partial charge in [-0.3, -0.25) is 4.98 Å². The van der Waals surface area contributed by atoms with Gasteiger partial charge < -0.3 is 29.7 Å². The van der Waals surface area contributed by atoms with Crippen LogP contribution in [0.1, 0.15) is 18.1 Å². The summed E-state index contributed by atoms with van der Waals surface area (Å²) in [5.74, 6) is 0.378. The largest absolute Gasteiger partial charge is 0.495 e. The first-order valence-corrected chi connectivity index (χ1v) is 13.7. The molecule has 1 aromatic carbocycles. The number of fused-ring (bicyclic) bond motifs is 3. The van der Waals surface area contributed by atoms with Gasteiger partial charge in [0.2, 0.25) is 0 Å². The van der Waals surface area contributed by atoms with Gasteiger partial charge in [0.25, 0.3) is 0 Å². The molecule has 2 aliphatic carbocycles. The van der Waals surface area contributed by atoms with Crippen LogP contribution >= 0.6 is 15.9 Å². The van der Waals surface area contributed by atoms with E-state index in [1.54, 1.807) is 19.5 Å². The van der Waals surface area contributed by atoms with Gasteiger partial charge in [-0.2, -0.15) is 0 Å². The number of nitrogens with one attached hydrogen (secondary N) is 1. The first kappa shape index (κ1) is 25.1. The van der Waals surface area contributed by atoms with Crippen molar-refractivity contribution < 1.29 is 24.4 Å². The molecule has 0 bridgehead atoms. The Morgan fingerprint density at radius 2 is 1.92 bits per heavy atom. The van der Waals surface area contributed by atoms with E-state index in [1.165, 1.54) is 0 Å². The molecule has 37 heavy (non-hydrogen) atoms. The minimum atomic E-state index is -1.49. The lowest BCUT2D eigenvalue weighted by Gasteiger charge is -2.45. The topological polar surface area (TPSA) is 93.1 Å². The molecule has 4 aliphatic rings. The molecular weight excluding hydrogens is 536 g/mol. The van der Waals surface area contributed by atoms with E-state index < -0.39 is 11.2 Å². The summed E-state index contributed by atoms with van der Waals surface area (Å²) < 4.78 is 19.1. The highest BCUT2D eigenvalue weighted by molar-refractivity contribution is 9.10. The number of hydrogen-bond acceptors (Lipinski definition) is 7. The van der Waals surface area contributed by atoms with Crippen molar-refractivity contribution in [1.82, 2.24) is 10.3 Å². The Hall–Kier alpha value is -2.23. The highest BCUT2D eigenvalue weighted by Crippen LogP contribution is 2.71. The van der Waals surface area contributed by atoms with Crippen LogP contribution < -0.4 is 14.8 Å². The molecule has 0 radical (unpaired) electrons. The lowest BCUT2D eigenvalue weighted by atomic mass is 9.65. The summed E-state index contributed by atoms with van der Waals surface area (Å²) in [6, 6.07) is 8.22. The van der Waals surface area contributed by atoms with Gasteiger partial charge in [0, 0.05) is 29.5 Å². The van der Waals surface area contributed by atoms with Crippen molar-refractivity contribution >= 4 is 15.9 Å². The fraction of sp³-hybridized carbons (Fsp3) is 0.483. The normalized spacial score (nSPS) is 36.1. The van der Waals surface area contributed by atoms with E-state index >= 15 is 0 Å². The van der Waals surface area contributed by atoms with Crippen LogP contribution in [-0.4, -0.2) is 54.7 Å². The Labute approximate surface area is 225 Å². The minimum Gasteiger partial charge on any atom is -0.495 e. The zero-order valence-electron chi connectivity index (χ0n) is 21.0. The van der Waals surface area contributed by atoms with Gasteiger partial charge in [0.1, 0.15) is 17.1 Å². The third-order valence-corrected chi connectivity index (χ3v) is 9.46. The number of hydrogen-bond donors (Lipinski definition) is 3. The summed E-state index contributed by atoms with van der Waals surface area (Å²) in [6.45, 7) is 3.90. The van der Waals surface area contributed by atoms with Crippen molar-refractivity contribution in [1.29, 1.82) is 0 Å². The molecule has 0 amide bonds. The van der Waals surface area contributed by atoms with E-state index in [0.29, 0.717) is 36.8 Å². The van der Waals surface area contributed by atoms with Crippen LogP contribution in [0.15, 0.2) is 65.4 Å². The average molecular weight is 569 g/mol. The van der Waals surface area contributed by atoms with E-state index in [2.05, 4.69) is 57.5 Å². The number of aliphatic hydroxyl groups excluding tert-OH is 1. The van der Waals surface area contributed by atoms with Crippen LogP contribution in [0, 0.1) is 29.6 Å². The Morgan fingerprint density at radius 1 is 1.16 bits per heavy atom. The van der Waals surface area contributed by atoms with Gasteiger partial charge in [-0.25, -0.2) is 0 Å². The molecule has 7 atom stereocenters. The lowest BCUT2D eigenvalue weighted by Crippen LogP contribution is -2.55. The number of aromatic nitrogens is 1. The molecule has 1 aromatic heterocycles. The van der Waals surface area contributed by atoms with Crippen LogP contribution in [0.3, 0.4) is 0 Å². The number of aliphatic hydroxyl groups is 2. The van der Waals surface area contributed by atoms with Crippen LogP contribution in [0.25, 0.3) is 0 Å². The first-order chi connectivity index (χ1) is 18.0. The van der Waals surface area contributed by atoms with Gasteiger partial charge >= 0.3 is 0 Å². The smallest absolute Gasteiger partial charge is 0.171 e. The highest BCUT2D eigenvalue weighted by Gasteiger charge is 2.77. The van der Waals surface area contributed by atoms with Crippen LogP contribution in [0.5, 0.6) is 11.5 Å². The maximum absolute atomic E-state index is 13.3. The predicted octanol–water partition coefficient (Wildman–Crippen LogP) is 3.55. The zero-order chi connectivity index (χ0) is 25.8. The van der Waals surface area contributed by atoms with Gasteiger partial charge in [0.05, 0.1) is 44.3 Å². The summed E-state index contributed by atoms with van der Waals surface area (Å²) in [4.78, 5) is 4.36. The van der Waals surface area contributed by atoms with Gasteiger partial charge in [-0.1, -0.05) is 59.3 Å². The van der Waals surface area contributed by atoms with Crippen molar-refractivity contribution in [3.8, 4) is 11.5 Å². The maximum Gasteiger partial charge on any atom is 0.171 e. The molecule has 3 N–H and O–H groups in total. The predicted molar refractivity (Wildman–Crippen MR) is 142 cm³/mol. The van der Waals surface area contributed by atoms with E-state index in [-0.39, 0.29) is 42.2 Å². The first-order valence-electron chi connectivity index (χ1n) is 12.9. The molecule has 1 saturated heterocycles. The van der Waals surface area contributed by atoms with Gasteiger partial charge in [-0.05, 0) is 35.4 Å². The molecule has 3 heterocycles. The number of rotatable bonds is 7. The average Bonchev–Trinajstić information content (AvgIpc) is 3.26. The Morgan fingerprint density at radius 3 is 2.57 bits per heavy atom. The summed E-state index contributed by atoms with van der Waals surface area (Å²) >= 11 is 3.57. The molecule has 0 spiro atoms. The molecule has 2 fully saturated rings. The second kappa shape index (κ2) is 9.50. The van der Waals surface area contributed by atoms with Crippen molar-refractivity contribution in [2.75, 3.05) is 33.5 Å². The number of halogens is 1. The molecule has 6 rings (SSSR count). The van der Waals surface area contributed by atoms with Crippen LogP contribution in [-0.2, 0) is 15.9 Å². The maximum atomic E-state index is 13.3. The van der Waals surface area contributed by atoms with E-state index in [9.17, 15) is 10.2 Å². The van der Waals surface area contributed by atoms with Gasteiger partial charge in [0.15, 0.2) is 5.60 Å². The van der Waals surface area contributed by atoms with E-state index in [1.807, 2.05) is 24.3 Å². The van der Waals surface area contributed by atoms with E-state index in [4.69, 9.17) is 14.2 Å². The molecule has 8 heteroatoms. The number of ether oxygens (including phenoxy) is 3. The highest BCUT2D eigenvalue weighted by atomic mass is 79.9. The lowest BCUT2D eigenvalue weighted by molar-refractivity contribution is -0.145. The quantitative estimate of drug-likeness (QED) is 0.470. The second-order valence-corrected chi connectivity index (χ2v) is 11.6. The molecular formula is C29H33BrN2O5. The minimum absolute atomic E-state index is 0.0302. The number of allylic oxidation sites excluding steroid dienone is 4. The Balaban J connectivity index is 1.61. The van der Waals surface area contributed by atoms with E-state index in [0.717, 1.165) is 10.0 Å². The number of benzene rings is 1. The molecule has 7 nitrogen and oxygen atoms in total. The number of methoxy groups -OCH3 is 1. The fourth-order valence-electron chi connectivity index (χ4n) is 7.21. The van der Waals surface area contributed by atoms with Gasteiger partial charge in [-0.15, -0.1) is 0 Å². The van der Waals surface area contributed by atoms with Crippen molar-refractivity contribution in [3.63, 3.8) is 0 Å². The monoisotopic (exact) mass is 568 g/mol. The molecule has 196 valence electrons. The second-order valence-electron chi connectivity index (χ2n) is 10.7. The molecule has 2 aliphatic heterocycles. The van der Waals surface area contributed by atoms with Crippen LogP contribution in [0.4, 0.5) is 0 Å². The Bertz CT molecular complexity index is 1220. The SMILES string of the molecule is COc1cncc2c1[C@]1(O)[C@@H](CNC3COC3)[C@H](CO)[C@@H](C3C=CC=CC3C)[C@]1(c1ccc(Br)cc1)O2. The van der Waals surface area contributed by atoms with Crippen molar-refractivity contribution in [3.05, 3.63) is 76.6 Å². The third kappa shape index (κ3) is 3.57. The van der Waals surface area contributed by atoms with Crippen LogP contribution in [0.2, 0.25) is 0 Å². The molecule has 2 unspecified atom stereocenters. The summed E-state index contributed by atoms with van der Waals surface area (Å²) in [6.07, 6.45) is 11.8. The number of nitrogens with zero attached hydrogens (tertiary/aromatic N) is 1. The zero-order valence-corrected chi connectivity index (χ0v) is 22.6. The fourth-order valence-corrected chi connectivity index (χ4v) is 7.47.